The van der Waals surface area contributed by atoms with Crippen LogP contribution in [0.3, 0.4) is 0 Å². The van der Waals surface area contributed by atoms with Crippen molar-refractivity contribution >= 4 is 5.91 Å². The topological polar surface area (TPSA) is 46.3 Å². The zero-order valence-electron chi connectivity index (χ0n) is 9.66. The molecule has 0 spiro atoms. The van der Waals surface area contributed by atoms with Gasteiger partial charge in [-0.05, 0) is 25.2 Å². The first kappa shape index (κ1) is 11.5. The van der Waals surface area contributed by atoms with Gasteiger partial charge in [0.2, 0.25) is 5.91 Å². The number of rotatable bonds is 2. The number of amides is 1. The quantitative estimate of drug-likeness (QED) is 0.725. The smallest absolute Gasteiger partial charge is 0.239 e. The van der Waals surface area contributed by atoms with Gasteiger partial charge < -0.3 is 10.6 Å². The Labute approximate surface area is 86.6 Å². The molecule has 82 valence electrons. The standard InChI is InChI=1S/C11H22N2O/c1-7(2)10(12)11(14)13-6-8(3)5-9(13)4/h7-10H,5-6,12H2,1-4H3. The van der Waals surface area contributed by atoms with E-state index in [0.29, 0.717) is 12.0 Å². The number of hydrogen-bond acceptors (Lipinski definition) is 2. The van der Waals surface area contributed by atoms with Gasteiger partial charge in [0.05, 0.1) is 6.04 Å². The van der Waals surface area contributed by atoms with Gasteiger partial charge in [-0.15, -0.1) is 0 Å². The maximum absolute atomic E-state index is 11.9. The van der Waals surface area contributed by atoms with Gasteiger partial charge in [-0.25, -0.2) is 0 Å². The summed E-state index contributed by atoms with van der Waals surface area (Å²) < 4.78 is 0. The van der Waals surface area contributed by atoms with Crippen molar-refractivity contribution in [1.82, 2.24) is 4.90 Å². The van der Waals surface area contributed by atoms with Gasteiger partial charge in [0, 0.05) is 12.6 Å². The van der Waals surface area contributed by atoms with E-state index in [0.717, 1.165) is 13.0 Å². The van der Waals surface area contributed by atoms with Gasteiger partial charge >= 0.3 is 0 Å². The maximum atomic E-state index is 11.9. The summed E-state index contributed by atoms with van der Waals surface area (Å²) in [6, 6.07) is 0.0325. The summed E-state index contributed by atoms with van der Waals surface area (Å²) in [6.45, 7) is 9.15. The highest BCUT2D eigenvalue weighted by Crippen LogP contribution is 2.23. The molecule has 0 bridgehead atoms. The molecule has 1 fully saturated rings. The molecule has 1 rings (SSSR count). The minimum Gasteiger partial charge on any atom is -0.338 e. The number of carbonyl (C=O) groups is 1. The molecule has 1 saturated heterocycles. The Kier molecular flexibility index (Phi) is 3.53. The van der Waals surface area contributed by atoms with Crippen LogP contribution in [0, 0.1) is 11.8 Å². The van der Waals surface area contributed by atoms with Crippen LogP contribution in [0.15, 0.2) is 0 Å². The molecule has 1 amide bonds. The molecule has 0 aromatic rings. The lowest BCUT2D eigenvalue weighted by Crippen LogP contribution is -2.47. The highest BCUT2D eigenvalue weighted by Gasteiger charge is 2.33. The van der Waals surface area contributed by atoms with E-state index >= 15 is 0 Å². The molecule has 3 heteroatoms. The Morgan fingerprint density at radius 3 is 2.36 bits per heavy atom. The van der Waals surface area contributed by atoms with Crippen molar-refractivity contribution in [3.63, 3.8) is 0 Å². The third kappa shape index (κ3) is 2.27. The summed E-state index contributed by atoms with van der Waals surface area (Å²) in [4.78, 5) is 13.9. The molecular weight excluding hydrogens is 176 g/mol. The molecule has 0 aromatic carbocycles. The largest absolute Gasteiger partial charge is 0.338 e. The second-order valence-electron chi connectivity index (χ2n) is 4.95. The van der Waals surface area contributed by atoms with Crippen molar-refractivity contribution < 1.29 is 4.79 Å². The highest BCUT2D eigenvalue weighted by molar-refractivity contribution is 5.82. The monoisotopic (exact) mass is 198 g/mol. The van der Waals surface area contributed by atoms with Gasteiger partial charge in [0.1, 0.15) is 0 Å². The maximum Gasteiger partial charge on any atom is 0.239 e. The number of carbonyl (C=O) groups excluding carboxylic acids is 1. The van der Waals surface area contributed by atoms with Crippen LogP contribution in [0.5, 0.6) is 0 Å². The summed E-state index contributed by atoms with van der Waals surface area (Å²) in [5.41, 5.74) is 5.86. The molecule has 14 heavy (non-hydrogen) atoms. The first-order chi connectivity index (χ1) is 6.43. The van der Waals surface area contributed by atoms with Crippen LogP contribution in [0.2, 0.25) is 0 Å². The first-order valence-corrected chi connectivity index (χ1v) is 5.49. The molecule has 0 radical (unpaired) electrons. The molecule has 3 atom stereocenters. The van der Waals surface area contributed by atoms with E-state index in [1.807, 2.05) is 18.7 Å². The van der Waals surface area contributed by atoms with E-state index in [2.05, 4.69) is 13.8 Å². The molecule has 1 aliphatic heterocycles. The van der Waals surface area contributed by atoms with E-state index in [1.54, 1.807) is 0 Å². The van der Waals surface area contributed by atoms with E-state index in [4.69, 9.17) is 5.73 Å². The molecule has 3 nitrogen and oxygen atoms in total. The molecule has 3 unspecified atom stereocenters. The van der Waals surface area contributed by atoms with Gasteiger partial charge in [-0.2, -0.15) is 0 Å². The molecular formula is C11H22N2O. The number of likely N-dealkylation sites (tertiary alicyclic amines) is 1. The minimum atomic E-state index is -0.331. The minimum absolute atomic E-state index is 0.122. The molecule has 1 heterocycles. The predicted octanol–water partition coefficient (Wildman–Crippen LogP) is 1.23. The lowest BCUT2D eigenvalue weighted by atomic mass is 10.0. The Bertz CT molecular complexity index is 215. The van der Waals surface area contributed by atoms with Gasteiger partial charge in [0.15, 0.2) is 0 Å². The summed E-state index contributed by atoms with van der Waals surface area (Å²) in [5, 5.41) is 0. The fourth-order valence-electron chi connectivity index (χ4n) is 2.08. The second kappa shape index (κ2) is 4.30. The lowest BCUT2D eigenvalue weighted by Gasteiger charge is -2.26. The van der Waals surface area contributed by atoms with Gasteiger partial charge in [-0.3, -0.25) is 4.79 Å². The van der Waals surface area contributed by atoms with E-state index in [-0.39, 0.29) is 17.9 Å². The molecule has 0 aromatic heterocycles. The second-order valence-corrected chi connectivity index (χ2v) is 4.95. The van der Waals surface area contributed by atoms with Crippen molar-refractivity contribution in [3.05, 3.63) is 0 Å². The van der Waals surface area contributed by atoms with Gasteiger partial charge in [0.25, 0.3) is 0 Å². The summed E-state index contributed by atoms with van der Waals surface area (Å²) in [6.07, 6.45) is 1.11. The van der Waals surface area contributed by atoms with Crippen LogP contribution in [0.4, 0.5) is 0 Å². The predicted molar refractivity (Wildman–Crippen MR) is 57.8 cm³/mol. The zero-order valence-corrected chi connectivity index (χ0v) is 9.66. The van der Waals surface area contributed by atoms with E-state index in [9.17, 15) is 4.79 Å². The van der Waals surface area contributed by atoms with Crippen LogP contribution in [0.25, 0.3) is 0 Å². The Morgan fingerprint density at radius 1 is 1.43 bits per heavy atom. The summed E-state index contributed by atoms with van der Waals surface area (Å²) >= 11 is 0. The molecule has 0 aliphatic carbocycles. The Balaban J connectivity index is 2.61. The Hall–Kier alpha value is -0.570. The average molecular weight is 198 g/mol. The SMILES string of the molecule is CC1CC(C)N(C(=O)C(N)C(C)C)C1. The van der Waals surface area contributed by atoms with Crippen LogP contribution in [0.1, 0.15) is 34.1 Å². The number of hydrogen-bond donors (Lipinski definition) is 1. The highest BCUT2D eigenvalue weighted by atomic mass is 16.2. The lowest BCUT2D eigenvalue weighted by molar-refractivity contribution is -0.134. The van der Waals surface area contributed by atoms with Crippen molar-refractivity contribution in [2.45, 2.75) is 46.2 Å². The molecule has 2 N–H and O–H groups in total. The molecule has 0 saturated carbocycles. The van der Waals surface area contributed by atoms with Gasteiger partial charge in [-0.1, -0.05) is 20.8 Å². The average Bonchev–Trinajstić information content (AvgIpc) is 2.42. The number of nitrogens with two attached hydrogens (primary N) is 1. The summed E-state index contributed by atoms with van der Waals surface area (Å²) in [7, 11) is 0. The van der Waals surface area contributed by atoms with Crippen molar-refractivity contribution in [2.75, 3.05) is 6.54 Å². The third-order valence-electron chi connectivity index (χ3n) is 3.07. The van der Waals surface area contributed by atoms with Crippen LogP contribution >= 0.6 is 0 Å². The van der Waals surface area contributed by atoms with Crippen LogP contribution in [-0.2, 0) is 4.79 Å². The van der Waals surface area contributed by atoms with Crippen molar-refractivity contribution in [1.29, 1.82) is 0 Å². The van der Waals surface area contributed by atoms with Crippen LogP contribution < -0.4 is 5.73 Å². The fraction of sp³-hybridized carbons (Fsp3) is 0.909. The van der Waals surface area contributed by atoms with E-state index in [1.165, 1.54) is 0 Å². The zero-order chi connectivity index (χ0) is 10.9. The van der Waals surface area contributed by atoms with Crippen LogP contribution in [-0.4, -0.2) is 29.4 Å². The van der Waals surface area contributed by atoms with Crippen molar-refractivity contribution in [2.24, 2.45) is 17.6 Å². The number of nitrogens with zero attached hydrogens (tertiary/aromatic N) is 1. The van der Waals surface area contributed by atoms with E-state index < -0.39 is 0 Å². The summed E-state index contributed by atoms with van der Waals surface area (Å²) in [5.74, 6) is 0.968. The third-order valence-corrected chi connectivity index (χ3v) is 3.07. The normalized spacial score (nSPS) is 29.7. The Morgan fingerprint density at radius 2 is 2.00 bits per heavy atom. The van der Waals surface area contributed by atoms with Crippen molar-refractivity contribution in [3.8, 4) is 0 Å². The fourth-order valence-corrected chi connectivity index (χ4v) is 2.08. The molecule has 1 aliphatic rings. The first-order valence-electron chi connectivity index (χ1n) is 5.49.